The van der Waals surface area contributed by atoms with Gasteiger partial charge in [0.25, 0.3) is 0 Å². The molecule has 0 spiro atoms. The van der Waals surface area contributed by atoms with Crippen molar-refractivity contribution in [2.45, 2.75) is 25.8 Å². The number of likely N-dealkylation sites (N-methyl/N-ethyl adjacent to an activating group) is 1. The van der Waals surface area contributed by atoms with Crippen LogP contribution in [0.3, 0.4) is 0 Å². The zero-order valence-electron chi connectivity index (χ0n) is 8.94. The monoisotopic (exact) mass is 231 g/mol. The molecule has 5 nitrogen and oxygen atoms in total. The maximum atomic E-state index is 11.2. The zero-order valence-corrected chi connectivity index (χ0v) is 9.76. The highest BCUT2D eigenvalue weighted by atomic mass is 32.2. The predicted octanol–water partition coefficient (Wildman–Crippen LogP) is -0.0863. The Labute approximate surface area is 91.1 Å². The third-order valence-corrected chi connectivity index (χ3v) is 3.81. The van der Waals surface area contributed by atoms with Gasteiger partial charge >= 0.3 is 0 Å². The Hall–Kier alpha value is -0.640. The van der Waals surface area contributed by atoms with Gasteiger partial charge in [0.1, 0.15) is 0 Å². The van der Waals surface area contributed by atoms with Crippen molar-refractivity contribution < 1.29 is 8.42 Å². The van der Waals surface area contributed by atoms with Gasteiger partial charge in [-0.3, -0.25) is 4.90 Å². The molecule has 0 aliphatic carbocycles. The summed E-state index contributed by atoms with van der Waals surface area (Å²) in [6.45, 7) is 4.49. The van der Waals surface area contributed by atoms with E-state index in [4.69, 9.17) is 5.26 Å². The number of nitrogens with one attached hydrogen (secondary N) is 1. The lowest BCUT2D eigenvalue weighted by molar-refractivity contribution is 0.268. The lowest BCUT2D eigenvalue weighted by atomic mass is 10.2. The van der Waals surface area contributed by atoms with E-state index in [1.165, 1.54) is 0 Å². The van der Waals surface area contributed by atoms with Crippen LogP contribution >= 0.6 is 0 Å². The number of likely N-dealkylation sites (tertiary alicyclic amines) is 1. The molecule has 15 heavy (non-hydrogen) atoms. The van der Waals surface area contributed by atoms with E-state index in [1.54, 1.807) is 6.07 Å². The van der Waals surface area contributed by atoms with Gasteiger partial charge in [-0.05, 0) is 25.9 Å². The van der Waals surface area contributed by atoms with Crippen LogP contribution in [-0.4, -0.2) is 44.7 Å². The molecule has 0 saturated carbocycles. The molecular formula is C9H17N3O2S. The van der Waals surface area contributed by atoms with Crippen molar-refractivity contribution in [2.75, 3.05) is 25.4 Å². The second-order valence-electron chi connectivity index (χ2n) is 3.69. The zero-order chi connectivity index (χ0) is 11.3. The number of nitriles is 1. The maximum absolute atomic E-state index is 11.2. The Morgan fingerprint density at radius 1 is 1.60 bits per heavy atom. The fraction of sp³-hybridized carbons (Fsp3) is 0.889. The van der Waals surface area contributed by atoms with Crippen molar-refractivity contribution in [2.24, 2.45) is 0 Å². The second-order valence-corrected chi connectivity index (χ2v) is 5.50. The van der Waals surface area contributed by atoms with E-state index >= 15 is 0 Å². The lowest BCUT2D eigenvalue weighted by Crippen LogP contribution is -2.40. The Bertz CT molecular complexity index is 334. The topological polar surface area (TPSA) is 73.2 Å². The molecule has 0 bridgehead atoms. The standard InChI is InChI=1S/C9H17N3O2S/c1-2-12-6-3-4-9(12)8-11-15(13,14)7-5-10/h9,11H,2-4,6-8H2,1H3. The van der Waals surface area contributed by atoms with E-state index in [2.05, 4.69) is 16.5 Å². The largest absolute Gasteiger partial charge is 0.299 e. The number of hydrogen-bond donors (Lipinski definition) is 1. The molecular weight excluding hydrogens is 214 g/mol. The normalized spacial score (nSPS) is 22.8. The van der Waals surface area contributed by atoms with Gasteiger partial charge in [0.2, 0.25) is 10.0 Å². The first-order chi connectivity index (χ1) is 7.09. The van der Waals surface area contributed by atoms with Crippen molar-refractivity contribution in [1.29, 1.82) is 5.26 Å². The summed E-state index contributed by atoms with van der Waals surface area (Å²) in [6, 6.07) is 1.94. The summed E-state index contributed by atoms with van der Waals surface area (Å²) >= 11 is 0. The summed E-state index contributed by atoms with van der Waals surface area (Å²) in [5, 5.41) is 8.31. The molecule has 86 valence electrons. The van der Waals surface area contributed by atoms with Gasteiger partial charge in [-0.2, -0.15) is 5.26 Å². The Balaban J connectivity index is 2.40. The number of rotatable bonds is 5. The van der Waals surface area contributed by atoms with Gasteiger partial charge in [0.15, 0.2) is 5.75 Å². The summed E-state index contributed by atoms with van der Waals surface area (Å²) < 4.78 is 24.9. The number of nitrogens with zero attached hydrogens (tertiary/aromatic N) is 2. The van der Waals surface area contributed by atoms with Gasteiger partial charge in [0, 0.05) is 12.6 Å². The molecule has 1 rings (SSSR count). The lowest BCUT2D eigenvalue weighted by Gasteiger charge is -2.22. The minimum absolute atomic E-state index is 0.295. The molecule has 0 aromatic rings. The highest BCUT2D eigenvalue weighted by Gasteiger charge is 2.24. The Kier molecular flexibility index (Phi) is 4.51. The quantitative estimate of drug-likeness (QED) is 0.718. The van der Waals surface area contributed by atoms with Gasteiger partial charge < -0.3 is 0 Å². The number of sulfonamides is 1. The van der Waals surface area contributed by atoms with Crippen molar-refractivity contribution >= 4 is 10.0 Å². The van der Waals surface area contributed by atoms with E-state index in [0.717, 1.165) is 25.9 Å². The van der Waals surface area contributed by atoms with Gasteiger partial charge in [-0.25, -0.2) is 13.1 Å². The highest BCUT2D eigenvalue weighted by Crippen LogP contribution is 2.15. The molecule has 0 radical (unpaired) electrons. The maximum Gasteiger partial charge on any atom is 0.225 e. The summed E-state index contributed by atoms with van der Waals surface area (Å²) in [5.74, 6) is -0.453. The first-order valence-corrected chi connectivity index (χ1v) is 6.82. The van der Waals surface area contributed by atoms with Crippen LogP contribution in [0.1, 0.15) is 19.8 Å². The Morgan fingerprint density at radius 3 is 2.93 bits per heavy atom. The Morgan fingerprint density at radius 2 is 2.33 bits per heavy atom. The SMILES string of the molecule is CCN1CCCC1CNS(=O)(=O)CC#N. The van der Waals surface area contributed by atoms with Crippen LogP contribution in [0.5, 0.6) is 0 Å². The molecule has 1 unspecified atom stereocenters. The van der Waals surface area contributed by atoms with Crippen LogP contribution in [0.15, 0.2) is 0 Å². The number of hydrogen-bond acceptors (Lipinski definition) is 4. The molecule has 1 heterocycles. The minimum atomic E-state index is -3.39. The second kappa shape index (κ2) is 5.45. The van der Waals surface area contributed by atoms with Crippen LogP contribution in [0.25, 0.3) is 0 Å². The van der Waals surface area contributed by atoms with E-state index in [1.807, 2.05) is 0 Å². The first kappa shape index (κ1) is 12.4. The van der Waals surface area contributed by atoms with Gasteiger partial charge in [-0.15, -0.1) is 0 Å². The molecule has 0 aromatic heterocycles. The van der Waals surface area contributed by atoms with Crippen LogP contribution in [0.2, 0.25) is 0 Å². The van der Waals surface area contributed by atoms with E-state index < -0.39 is 15.8 Å². The van der Waals surface area contributed by atoms with Crippen LogP contribution in [0, 0.1) is 11.3 Å². The molecule has 1 atom stereocenters. The van der Waals surface area contributed by atoms with Crippen molar-refractivity contribution in [3.63, 3.8) is 0 Å². The summed E-state index contributed by atoms with van der Waals surface area (Å²) in [5.41, 5.74) is 0. The third kappa shape index (κ3) is 3.78. The van der Waals surface area contributed by atoms with Gasteiger partial charge in [0.05, 0.1) is 6.07 Å². The van der Waals surface area contributed by atoms with Crippen LogP contribution in [-0.2, 0) is 10.0 Å². The van der Waals surface area contributed by atoms with Crippen molar-refractivity contribution in [3.05, 3.63) is 0 Å². The van der Waals surface area contributed by atoms with E-state index in [9.17, 15) is 8.42 Å². The molecule has 6 heteroatoms. The van der Waals surface area contributed by atoms with Crippen molar-refractivity contribution in [1.82, 2.24) is 9.62 Å². The summed E-state index contributed by atoms with van der Waals surface area (Å²) in [6.07, 6.45) is 2.15. The molecule has 1 saturated heterocycles. The predicted molar refractivity (Wildman–Crippen MR) is 57.7 cm³/mol. The average molecular weight is 231 g/mol. The van der Waals surface area contributed by atoms with Gasteiger partial charge in [-0.1, -0.05) is 6.92 Å². The minimum Gasteiger partial charge on any atom is -0.299 e. The fourth-order valence-corrected chi connectivity index (χ4v) is 2.62. The third-order valence-electron chi connectivity index (χ3n) is 2.70. The molecule has 1 fully saturated rings. The van der Waals surface area contributed by atoms with E-state index in [0.29, 0.717) is 12.6 Å². The van der Waals surface area contributed by atoms with Crippen LogP contribution < -0.4 is 4.72 Å². The smallest absolute Gasteiger partial charge is 0.225 e. The molecule has 0 aromatic carbocycles. The first-order valence-electron chi connectivity index (χ1n) is 5.17. The fourth-order valence-electron chi connectivity index (χ4n) is 1.90. The average Bonchev–Trinajstić information content (AvgIpc) is 2.62. The summed E-state index contributed by atoms with van der Waals surface area (Å²) in [4.78, 5) is 2.26. The van der Waals surface area contributed by atoms with Crippen molar-refractivity contribution in [3.8, 4) is 6.07 Å². The highest BCUT2D eigenvalue weighted by molar-refractivity contribution is 7.89. The molecule has 1 aliphatic rings. The van der Waals surface area contributed by atoms with Crippen LogP contribution in [0.4, 0.5) is 0 Å². The molecule has 1 aliphatic heterocycles. The molecule has 1 N–H and O–H groups in total. The molecule has 0 amide bonds. The van der Waals surface area contributed by atoms with E-state index in [-0.39, 0.29) is 0 Å². The summed E-state index contributed by atoms with van der Waals surface area (Å²) in [7, 11) is -3.39.